The van der Waals surface area contributed by atoms with Gasteiger partial charge in [-0.15, -0.1) is 11.3 Å². The van der Waals surface area contributed by atoms with Crippen LogP contribution in [-0.2, 0) is 0 Å². The number of hydrogen-bond acceptors (Lipinski definition) is 4. The van der Waals surface area contributed by atoms with E-state index in [0.717, 1.165) is 22.9 Å². The van der Waals surface area contributed by atoms with Crippen LogP contribution in [0.25, 0.3) is 32.1 Å². The molecule has 2 aromatic heterocycles. The normalized spacial score (nSPS) is 12.9. The second-order valence-electron chi connectivity index (χ2n) is 7.41. The number of thiophene rings is 1. The molecular weight excluding hydrogens is 392 g/mol. The predicted molar refractivity (Wildman–Crippen MR) is 119 cm³/mol. The molecule has 0 bridgehead atoms. The monoisotopic (exact) mass is 412 g/mol. The van der Waals surface area contributed by atoms with Crippen molar-refractivity contribution in [2.45, 2.75) is 12.8 Å². The number of phenols is 1. The van der Waals surface area contributed by atoms with Crippen LogP contribution in [0.4, 0.5) is 0 Å². The number of fused-ring (bicyclic) bond motifs is 3. The topological polar surface area (TPSA) is 56.3 Å². The molecule has 0 unspecified atom stereocenters. The summed E-state index contributed by atoms with van der Waals surface area (Å²) in [5, 5.41) is 14.5. The molecule has 0 saturated heterocycles. The van der Waals surface area contributed by atoms with Crippen LogP contribution in [0, 0.1) is 0 Å². The summed E-state index contributed by atoms with van der Waals surface area (Å²) in [6.07, 6.45) is 0. The molecule has 144 valence electrons. The minimum atomic E-state index is -0.163. The molecule has 0 amide bonds. The van der Waals surface area contributed by atoms with Gasteiger partial charge in [-0.3, -0.25) is 4.79 Å². The van der Waals surface area contributed by atoms with Crippen molar-refractivity contribution in [2.24, 2.45) is 0 Å². The maximum atomic E-state index is 12.4. The molecule has 0 radical (unpaired) electrons. The van der Waals surface area contributed by atoms with Gasteiger partial charge < -0.3 is 15.0 Å². The van der Waals surface area contributed by atoms with Crippen LogP contribution >= 0.6 is 22.9 Å². The van der Waals surface area contributed by atoms with E-state index in [1.54, 1.807) is 0 Å². The van der Waals surface area contributed by atoms with Crippen molar-refractivity contribution in [3.63, 3.8) is 0 Å². The third-order valence-electron chi connectivity index (χ3n) is 5.05. The number of halogens is 1. The first-order valence-corrected chi connectivity index (χ1v) is 10.3. The lowest BCUT2D eigenvalue weighted by atomic mass is 9.94. The molecule has 0 aliphatic heterocycles. The molecule has 2 heterocycles. The number of hydrogen-bond donors (Lipinski definition) is 2. The third-order valence-corrected chi connectivity index (χ3v) is 6.26. The zero-order chi connectivity index (χ0) is 20.0. The molecule has 2 aromatic carbocycles. The average Bonchev–Trinajstić information content (AvgIpc) is 3.13. The van der Waals surface area contributed by atoms with E-state index in [0.29, 0.717) is 26.7 Å². The smallest absolute Gasteiger partial charge is 0.266 e. The Labute approximate surface area is 172 Å². The summed E-state index contributed by atoms with van der Waals surface area (Å²) in [5.41, 5.74) is 3.20. The van der Waals surface area contributed by atoms with Gasteiger partial charge in [0.2, 0.25) is 0 Å². The molecule has 4 aromatic rings. The van der Waals surface area contributed by atoms with E-state index in [2.05, 4.69) is 43.0 Å². The van der Waals surface area contributed by atoms with Gasteiger partial charge in [-0.1, -0.05) is 42.8 Å². The van der Waals surface area contributed by atoms with E-state index in [1.165, 1.54) is 23.0 Å². The van der Waals surface area contributed by atoms with Crippen molar-refractivity contribution < 1.29 is 5.11 Å². The van der Waals surface area contributed by atoms with E-state index in [4.69, 9.17) is 11.6 Å². The summed E-state index contributed by atoms with van der Waals surface area (Å²) in [7, 11) is 4.13. The summed E-state index contributed by atoms with van der Waals surface area (Å²) < 4.78 is 0.631. The number of aromatic hydroxyl groups is 1. The lowest BCUT2D eigenvalue weighted by Gasteiger charge is -2.18. The zero-order valence-electron chi connectivity index (χ0n) is 15.9. The maximum absolute atomic E-state index is 12.4. The van der Waals surface area contributed by atoms with Crippen molar-refractivity contribution in [1.82, 2.24) is 9.88 Å². The van der Waals surface area contributed by atoms with Gasteiger partial charge in [0.15, 0.2) is 0 Å². The van der Waals surface area contributed by atoms with Crippen molar-refractivity contribution in [3.8, 4) is 16.9 Å². The van der Waals surface area contributed by atoms with Crippen LogP contribution in [0.2, 0.25) is 5.02 Å². The summed E-state index contributed by atoms with van der Waals surface area (Å²) in [5.74, 6) is 0.505. The molecule has 28 heavy (non-hydrogen) atoms. The molecule has 0 aliphatic rings. The number of benzene rings is 2. The van der Waals surface area contributed by atoms with Crippen LogP contribution in [0.5, 0.6) is 5.75 Å². The molecule has 0 saturated carbocycles. The van der Waals surface area contributed by atoms with Gasteiger partial charge in [0.05, 0.1) is 10.5 Å². The summed E-state index contributed by atoms with van der Waals surface area (Å²) >= 11 is 7.73. The van der Waals surface area contributed by atoms with Gasteiger partial charge in [0.25, 0.3) is 5.56 Å². The van der Waals surface area contributed by atoms with Crippen LogP contribution in [0.15, 0.2) is 46.6 Å². The van der Waals surface area contributed by atoms with Gasteiger partial charge in [-0.2, -0.15) is 0 Å². The Balaban J connectivity index is 1.94. The van der Waals surface area contributed by atoms with Gasteiger partial charge in [0, 0.05) is 28.9 Å². The minimum absolute atomic E-state index is 0.103. The van der Waals surface area contributed by atoms with Crippen molar-refractivity contribution in [3.05, 3.63) is 62.7 Å². The number of pyridine rings is 1. The Kier molecular flexibility index (Phi) is 4.91. The Morgan fingerprint density at radius 1 is 1.21 bits per heavy atom. The summed E-state index contributed by atoms with van der Waals surface area (Å²) in [6.45, 7) is 3.16. The van der Waals surface area contributed by atoms with E-state index in [1.807, 2.05) is 23.6 Å². The highest BCUT2D eigenvalue weighted by atomic mass is 35.5. The average molecular weight is 413 g/mol. The summed E-state index contributed by atoms with van der Waals surface area (Å²) in [4.78, 5) is 17.4. The Hall–Kier alpha value is -2.34. The minimum Gasteiger partial charge on any atom is -0.507 e. The number of H-pyrrole nitrogens is 1. The lowest BCUT2D eigenvalue weighted by Crippen LogP contribution is -2.18. The number of rotatable bonds is 4. The molecule has 4 nitrogen and oxygen atoms in total. The largest absolute Gasteiger partial charge is 0.507 e. The number of nitrogens with zero attached hydrogens (tertiary/aromatic N) is 1. The van der Waals surface area contributed by atoms with Gasteiger partial charge in [-0.25, -0.2) is 0 Å². The molecule has 0 fully saturated rings. The fourth-order valence-electron chi connectivity index (χ4n) is 3.80. The number of aromatic nitrogens is 1. The Morgan fingerprint density at radius 2 is 1.93 bits per heavy atom. The first kappa shape index (κ1) is 19.0. The molecule has 1 atom stereocenters. The number of likely N-dealkylation sites (N-methyl/N-ethyl adjacent to an activating group) is 1. The van der Waals surface area contributed by atoms with E-state index >= 15 is 0 Å². The van der Waals surface area contributed by atoms with Gasteiger partial charge in [-0.05, 0) is 42.6 Å². The fourth-order valence-corrected chi connectivity index (χ4v) is 4.84. The summed E-state index contributed by atoms with van der Waals surface area (Å²) in [6, 6.07) is 11.6. The maximum Gasteiger partial charge on any atom is 0.266 e. The second kappa shape index (κ2) is 7.24. The number of phenolic OH excluding ortho intramolecular Hbond substituents is 1. The van der Waals surface area contributed by atoms with Crippen LogP contribution in [0.3, 0.4) is 0 Å². The second-order valence-corrected chi connectivity index (χ2v) is 8.73. The highest BCUT2D eigenvalue weighted by molar-refractivity contribution is 7.17. The molecular formula is C22H21ClN2O2S. The van der Waals surface area contributed by atoms with Crippen molar-refractivity contribution in [2.75, 3.05) is 20.6 Å². The first-order chi connectivity index (χ1) is 13.4. The number of aromatic amines is 1. The van der Waals surface area contributed by atoms with Crippen LogP contribution in [-0.4, -0.2) is 35.6 Å². The van der Waals surface area contributed by atoms with E-state index in [9.17, 15) is 9.90 Å². The van der Waals surface area contributed by atoms with Gasteiger partial charge >= 0.3 is 0 Å². The standard InChI is InChI=1S/C22H21ClN2O2S/c1-12(11-25(2)3)13-4-6-14(7-5-13)18-17(26)10-16(23)20-19(18)15-8-9-28-21(15)22(27)24-20/h4-10,12,26H,11H2,1-3H3,(H,24,27)/t12-/m0/s1. The fraction of sp³-hybridized carbons (Fsp3) is 0.227. The highest BCUT2D eigenvalue weighted by Gasteiger charge is 2.18. The third kappa shape index (κ3) is 3.20. The first-order valence-electron chi connectivity index (χ1n) is 9.06. The van der Waals surface area contributed by atoms with Crippen molar-refractivity contribution in [1.29, 1.82) is 0 Å². The van der Waals surface area contributed by atoms with E-state index < -0.39 is 0 Å². The number of nitrogens with one attached hydrogen (secondary N) is 1. The van der Waals surface area contributed by atoms with Crippen LogP contribution in [0.1, 0.15) is 18.4 Å². The van der Waals surface area contributed by atoms with Crippen molar-refractivity contribution >= 4 is 43.9 Å². The quantitative estimate of drug-likeness (QED) is 0.469. The zero-order valence-corrected chi connectivity index (χ0v) is 17.5. The molecule has 2 N–H and O–H groups in total. The highest BCUT2D eigenvalue weighted by Crippen LogP contribution is 2.42. The van der Waals surface area contributed by atoms with Gasteiger partial charge in [0.1, 0.15) is 10.4 Å². The van der Waals surface area contributed by atoms with Crippen LogP contribution < -0.4 is 5.56 Å². The molecule has 0 spiro atoms. The van der Waals surface area contributed by atoms with E-state index in [-0.39, 0.29) is 11.3 Å². The lowest BCUT2D eigenvalue weighted by molar-refractivity contribution is 0.383. The molecule has 0 aliphatic carbocycles. The predicted octanol–water partition coefficient (Wildman–Crippen LogP) is 5.43. The SMILES string of the molecule is C[C@@H](CN(C)C)c1ccc(-c2c(O)cc(Cl)c3[nH]c(=O)c4sccc4c23)cc1. The molecule has 4 rings (SSSR count). The Morgan fingerprint density at radius 3 is 2.61 bits per heavy atom. The molecule has 6 heteroatoms. The Bertz CT molecular complexity index is 1230.